The van der Waals surface area contributed by atoms with Gasteiger partial charge in [0.2, 0.25) is 5.91 Å². The first kappa shape index (κ1) is 9.94. The number of carbonyl (C=O) groups excluding carboxylic acids is 1. The quantitative estimate of drug-likeness (QED) is 0.378. The van der Waals surface area contributed by atoms with E-state index in [-0.39, 0.29) is 6.42 Å². The highest BCUT2D eigenvalue weighted by atomic mass is 16.4. The van der Waals surface area contributed by atoms with Crippen molar-refractivity contribution in [3.63, 3.8) is 0 Å². The van der Waals surface area contributed by atoms with Gasteiger partial charge in [-0.3, -0.25) is 9.59 Å². The molecule has 6 nitrogen and oxygen atoms in total. The van der Waals surface area contributed by atoms with Gasteiger partial charge in [-0.1, -0.05) is 0 Å². The maximum atomic E-state index is 10.8. The number of primary amides is 1. The molecule has 13 heavy (non-hydrogen) atoms. The number of nitrogens with two attached hydrogens (primary N) is 1. The third-order valence-electron chi connectivity index (χ3n) is 2.49. The van der Waals surface area contributed by atoms with Gasteiger partial charge in [-0.2, -0.15) is 0 Å². The van der Waals surface area contributed by atoms with Crippen LogP contribution in [-0.2, 0) is 9.59 Å². The summed E-state index contributed by atoms with van der Waals surface area (Å²) in [6.07, 6.45) is -1.19. The lowest BCUT2D eigenvalue weighted by molar-refractivity contribution is -0.149. The Balaban J connectivity index is 2.79. The fourth-order valence-electron chi connectivity index (χ4n) is 1.51. The summed E-state index contributed by atoms with van der Waals surface area (Å²) in [7, 11) is 0. The number of carbonyl (C=O) groups is 2. The Morgan fingerprint density at radius 1 is 1.62 bits per heavy atom. The van der Waals surface area contributed by atoms with Gasteiger partial charge in [-0.15, -0.1) is 0 Å². The molecule has 0 aromatic heterocycles. The van der Waals surface area contributed by atoms with E-state index in [1.54, 1.807) is 0 Å². The zero-order chi connectivity index (χ0) is 10.2. The van der Waals surface area contributed by atoms with Crippen LogP contribution < -0.4 is 5.73 Å². The summed E-state index contributed by atoms with van der Waals surface area (Å²) in [5, 5.41) is 26.4. The van der Waals surface area contributed by atoms with E-state index < -0.39 is 35.9 Å². The van der Waals surface area contributed by atoms with Gasteiger partial charge in [0.05, 0.1) is 12.7 Å². The van der Waals surface area contributed by atoms with Crippen LogP contribution in [0.1, 0.15) is 6.42 Å². The number of carboxylic acid groups (broad SMARTS) is 1. The molecule has 1 amide bonds. The van der Waals surface area contributed by atoms with Crippen molar-refractivity contribution in [2.45, 2.75) is 12.5 Å². The van der Waals surface area contributed by atoms with Crippen molar-refractivity contribution in [2.24, 2.45) is 17.1 Å². The van der Waals surface area contributed by atoms with Gasteiger partial charge < -0.3 is 21.1 Å². The van der Waals surface area contributed by atoms with E-state index in [0.29, 0.717) is 0 Å². The summed E-state index contributed by atoms with van der Waals surface area (Å²) in [4.78, 5) is 21.5. The Kier molecular flexibility index (Phi) is 2.27. The molecule has 1 unspecified atom stereocenters. The first-order valence-corrected chi connectivity index (χ1v) is 3.79. The van der Waals surface area contributed by atoms with Crippen LogP contribution in [0.5, 0.6) is 0 Å². The highest BCUT2D eigenvalue weighted by Crippen LogP contribution is 2.54. The molecule has 74 valence electrons. The van der Waals surface area contributed by atoms with Crippen LogP contribution in [0.15, 0.2) is 0 Å². The SMILES string of the molecule is NC(=O)[C@]1(C(=O)O)C[C@H]1C(O)CO. The molecule has 1 aliphatic carbocycles. The number of aliphatic hydroxyl groups is 2. The molecule has 0 aliphatic heterocycles. The van der Waals surface area contributed by atoms with Crippen LogP contribution in [0.4, 0.5) is 0 Å². The van der Waals surface area contributed by atoms with Gasteiger partial charge in [0.1, 0.15) is 0 Å². The summed E-state index contributed by atoms with van der Waals surface area (Å²) in [6.45, 7) is -0.563. The number of hydrogen-bond donors (Lipinski definition) is 4. The van der Waals surface area contributed by atoms with Gasteiger partial charge in [-0.05, 0) is 6.42 Å². The minimum absolute atomic E-state index is 0.000602. The Labute approximate surface area is 74.0 Å². The maximum Gasteiger partial charge on any atom is 0.319 e. The molecule has 0 bridgehead atoms. The molecule has 0 spiro atoms. The van der Waals surface area contributed by atoms with Gasteiger partial charge in [-0.25, -0.2) is 0 Å². The number of amides is 1. The number of hydrogen-bond acceptors (Lipinski definition) is 4. The van der Waals surface area contributed by atoms with Crippen LogP contribution in [0.2, 0.25) is 0 Å². The smallest absolute Gasteiger partial charge is 0.319 e. The lowest BCUT2D eigenvalue weighted by atomic mass is 10.0. The molecule has 1 rings (SSSR count). The average Bonchev–Trinajstić information content (AvgIpc) is 2.78. The summed E-state index contributed by atoms with van der Waals surface area (Å²) in [6, 6.07) is 0. The van der Waals surface area contributed by atoms with Crippen molar-refractivity contribution in [1.82, 2.24) is 0 Å². The van der Waals surface area contributed by atoms with Crippen LogP contribution in [-0.4, -0.2) is 39.9 Å². The highest BCUT2D eigenvalue weighted by molar-refractivity contribution is 6.04. The van der Waals surface area contributed by atoms with Crippen molar-refractivity contribution in [3.05, 3.63) is 0 Å². The molecule has 0 saturated heterocycles. The van der Waals surface area contributed by atoms with Gasteiger partial charge >= 0.3 is 5.97 Å². The van der Waals surface area contributed by atoms with Crippen LogP contribution in [0.25, 0.3) is 0 Å². The summed E-state index contributed by atoms with van der Waals surface area (Å²) >= 11 is 0. The topological polar surface area (TPSA) is 121 Å². The highest BCUT2D eigenvalue weighted by Gasteiger charge is 2.67. The van der Waals surface area contributed by atoms with E-state index in [0.717, 1.165) is 0 Å². The summed E-state index contributed by atoms with van der Waals surface area (Å²) < 4.78 is 0. The fraction of sp³-hybridized carbons (Fsp3) is 0.714. The Morgan fingerprint density at radius 3 is 2.38 bits per heavy atom. The summed E-state index contributed by atoms with van der Waals surface area (Å²) in [5.74, 6) is -3.05. The first-order chi connectivity index (χ1) is 5.96. The van der Waals surface area contributed by atoms with Gasteiger partial charge in [0.25, 0.3) is 0 Å². The second-order valence-corrected chi connectivity index (χ2v) is 3.20. The third-order valence-corrected chi connectivity index (χ3v) is 2.49. The first-order valence-electron chi connectivity index (χ1n) is 3.79. The van der Waals surface area contributed by atoms with Crippen LogP contribution >= 0.6 is 0 Å². The lowest BCUT2D eigenvalue weighted by Crippen LogP contribution is -2.36. The monoisotopic (exact) mass is 189 g/mol. The van der Waals surface area contributed by atoms with E-state index in [1.807, 2.05) is 0 Å². The largest absolute Gasteiger partial charge is 0.480 e. The van der Waals surface area contributed by atoms with E-state index in [2.05, 4.69) is 0 Å². The van der Waals surface area contributed by atoms with Crippen LogP contribution in [0, 0.1) is 11.3 Å². The third kappa shape index (κ3) is 1.27. The molecule has 5 N–H and O–H groups in total. The second kappa shape index (κ2) is 2.97. The minimum Gasteiger partial charge on any atom is -0.480 e. The van der Waals surface area contributed by atoms with E-state index in [1.165, 1.54) is 0 Å². The molecule has 6 heteroatoms. The number of rotatable bonds is 4. The van der Waals surface area contributed by atoms with E-state index in [9.17, 15) is 9.59 Å². The van der Waals surface area contributed by atoms with E-state index in [4.69, 9.17) is 21.1 Å². The zero-order valence-electron chi connectivity index (χ0n) is 6.80. The van der Waals surface area contributed by atoms with Crippen molar-refractivity contribution < 1.29 is 24.9 Å². The average molecular weight is 189 g/mol. The Hall–Kier alpha value is -1.14. The van der Waals surface area contributed by atoms with Crippen LogP contribution in [0.3, 0.4) is 0 Å². The van der Waals surface area contributed by atoms with Crippen molar-refractivity contribution in [2.75, 3.05) is 6.61 Å². The molecule has 1 saturated carbocycles. The molecule has 0 aromatic rings. The Morgan fingerprint density at radius 2 is 2.15 bits per heavy atom. The Bertz CT molecular complexity index is 237. The lowest BCUT2D eigenvalue weighted by Gasteiger charge is -2.10. The van der Waals surface area contributed by atoms with Crippen molar-refractivity contribution in [1.29, 1.82) is 0 Å². The standard InChI is InChI=1S/C7H11NO5/c8-5(11)7(6(12)13)1-3(7)4(10)2-9/h3-4,9-10H,1-2H2,(H2,8,11)(H,12,13)/t3-,4?,7-/m0/s1. The van der Waals surface area contributed by atoms with Gasteiger partial charge in [0.15, 0.2) is 5.41 Å². The fourth-order valence-corrected chi connectivity index (χ4v) is 1.51. The minimum atomic E-state index is -1.66. The predicted octanol–water partition coefficient (Wildman–Crippen LogP) is -2.08. The molecule has 3 atom stereocenters. The normalized spacial score (nSPS) is 33.8. The van der Waals surface area contributed by atoms with Gasteiger partial charge in [0, 0.05) is 5.92 Å². The van der Waals surface area contributed by atoms with Crippen molar-refractivity contribution in [3.8, 4) is 0 Å². The second-order valence-electron chi connectivity index (χ2n) is 3.20. The molecular formula is C7H11NO5. The summed E-state index contributed by atoms with van der Waals surface area (Å²) in [5.41, 5.74) is 3.24. The molecule has 0 aromatic carbocycles. The maximum absolute atomic E-state index is 10.8. The molecular weight excluding hydrogens is 178 g/mol. The molecule has 0 heterocycles. The molecule has 1 fully saturated rings. The number of aliphatic carboxylic acids is 1. The van der Waals surface area contributed by atoms with E-state index >= 15 is 0 Å². The van der Waals surface area contributed by atoms with Crippen molar-refractivity contribution >= 4 is 11.9 Å². The predicted molar refractivity (Wildman–Crippen MR) is 40.5 cm³/mol. The molecule has 0 radical (unpaired) electrons. The number of carboxylic acids is 1. The molecule has 1 aliphatic rings. The zero-order valence-corrected chi connectivity index (χ0v) is 6.80. The number of aliphatic hydroxyl groups excluding tert-OH is 2.